The van der Waals surface area contributed by atoms with E-state index in [4.69, 9.17) is 4.74 Å². The summed E-state index contributed by atoms with van der Waals surface area (Å²) in [7, 11) is -1.24. The zero-order chi connectivity index (χ0) is 12.8. The minimum absolute atomic E-state index is 0.118. The molecule has 94 valence electrons. The number of rotatable bonds is 4. The van der Waals surface area contributed by atoms with Crippen LogP contribution in [0.4, 0.5) is 0 Å². The summed E-state index contributed by atoms with van der Waals surface area (Å²) in [5, 5.41) is 0.410. The summed E-state index contributed by atoms with van der Waals surface area (Å²) in [5.74, 6) is -0.118. The van der Waals surface area contributed by atoms with Gasteiger partial charge >= 0.3 is 105 Å². The molecular formula is C12H26O2SiSn. The summed E-state index contributed by atoms with van der Waals surface area (Å²) in [6.45, 7) is 9.49. The number of ether oxygens (including phenoxy) is 1. The summed E-state index contributed by atoms with van der Waals surface area (Å²) in [4.78, 5) is 18.5. The molecule has 1 fully saturated rings. The molecule has 0 unspecified atom stereocenters. The molecule has 0 aromatic carbocycles. The van der Waals surface area contributed by atoms with Gasteiger partial charge in [-0.1, -0.05) is 0 Å². The molecule has 0 N–H and O–H groups in total. The van der Waals surface area contributed by atoms with Crippen molar-refractivity contribution in [1.29, 1.82) is 0 Å². The Labute approximate surface area is 105 Å². The second-order valence-electron chi connectivity index (χ2n) is 7.31. The number of hydrogen-bond donors (Lipinski definition) is 0. The Hall–Kier alpha value is 0.486. The molecule has 0 spiro atoms. The Bertz CT molecular complexity index is 290. The molecule has 0 aliphatic heterocycles. The van der Waals surface area contributed by atoms with E-state index in [1.54, 1.807) is 0 Å². The minimum atomic E-state index is -1.83. The van der Waals surface area contributed by atoms with Gasteiger partial charge in [0.15, 0.2) is 0 Å². The molecule has 16 heavy (non-hydrogen) atoms. The topological polar surface area (TPSA) is 26.3 Å². The van der Waals surface area contributed by atoms with Crippen molar-refractivity contribution in [1.82, 2.24) is 0 Å². The predicted octanol–water partition coefficient (Wildman–Crippen LogP) is 3.74. The van der Waals surface area contributed by atoms with Gasteiger partial charge in [0.1, 0.15) is 0 Å². The van der Waals surface area contributed by atoms with Gasteiger partial charge in [-0.2, -0.15) is 0 Å². The second kappa shape index (κ2) is 4.30. The van der Waals surface area contributed by atoms with Crippen molar-refractivity contribution in [2.24, 2.45) is 0 Å². The first-order valence-corrected chi connectivity index (χ1v) is 19.8. The molecular weight excluding hydrogens is 323 g/mol. The van der Waals surface area contributed by atoms with Gasteiger partial charge in [0.05, 0.1) is 0 Å². The molecule has 0 heterocycles. The van der Waals surface area contributed by atoms with Crippen molar-refractivity contribution >= 4 is 32.4 Å². The van der Waals surface area contributed by atoms with Crippen LogP contribution in [0.1, 0.15) is 13.3 Å². The molecule has 2 nitrogen and oxygen atoms in total. The molecule has 0 radical (unpaired) electrons. The van der Waals surface area contributed by atoms with Gasteiger partial charge in [-0.3, -0.25) is 0 Å². The van der Waals surface area contributed by atoms with Crippen LogP contribution in [-0.4, -0.2) is 39.0 Å². The maximum absolute atomic E-state index is 11.0. The quantitative estimate of drug-likeness (QED) is 0.571. The van der Waals surface area contributed by atoms with Crippen LogP contribution in [0, 0.1) is 0 Å². The summed E-state index contributed by atoms with van der Waals surface area (Å²) in [6.07, 6.45) is 1.33. The van der Waals surface area contributed by atoms with Crippen LogP contribution in [0.25, 0.3) is 0 Å². The zero-order valence-corrected chi connectivity index (χ0v) is 15.7. The van der Waals surface area contributed by atoms with Crippen molar-refractivity contribution in [3.63, 3.8) is 0 Å². The molecule has 1 aliphatic rings. The van der Waals surface area contributed by atoms with Crippen molar-refractivity contribution in [3.8, 4) is 0 Å². The number of hydrogen-bond acceptors (Lipinski definition) is 2. The molecule has 0 saturated heterocycles. The Morgan fingerprint density at radius 1 is 1.38 bits per heavy atom. The molecule has 0 aromatic heterocycles. The van der Waals surface area contributed by atoms with Crippen LogP contribution in [0.2, 0.25) is 43.4 Å². The molecule has 0 aromatic rings. The van der Waals surface area contributed by atoms with E-state index in [9.17, 15) is 4.79 Å². The first-order valence-electron chi connectivity index (χ1n) is 6.14. The molecule has 1 rings (SSSR count). The summed E-state index contributed by atoms with van der Waals surface area (Å²) in [6, 6.07) is 0. The molecule has 4 heteroatoms. The predicted molar refractivity (Wildman–Crippen MR) is 74.4 cm³/mol. The van der Waals surface area contributed by atoms with Gasteiger partial charge in [0, 0.05) is 0 Å². The van der Waals surface area contributed by atoms with E-state index >= 15 is 0 Å². The van der Waals surface area contributed by atoms with Gasteiger partial charge in [-0.25, -0.2) is 0 Å². The zero-order valence-electron chi connectivity index (χ0n) is 11.8. The molecule has 2 atom stereocenters. The fourth-order valence-corrected chi connectivity index (χ4v) is 20.2. The average Bonchev–Trinajstić information content (AvgIpc) is 2.73. The Balaban J connectivity index is 2.80. The van der Waals surface area contributed by atoms with Crippen LogP contribution in [-0.2, 0) is 9.53 Å². The van der Waals surface area contributed by atoms with Crippen molar-refractivity contribution in [2.45, 2.75) is 56.8 Å². The number of esters is 1. The van der Waals surface area contributed by atoms with E-state index in [1.165, 1.54) is 13.3 Å². The van der Waals surface area contributed by atoms with E-state index < -0.39 is 26.5 Å². The Morgan fingerprint density at radius 2 is 1.88 bits per heavy atom. The van der Waals surface area contributed by atoms with Crippen molar-refractivity contribution in [2.75, 3.05) is 6.61 Å². The van der Waals surface area contributed by atoms with Crippen LogP contribution in [0.15, 0.2) is 0 Å². The summed E-state index contributed by atoms with van der Waals surface area (Å²) >= 11 is -1.83. The third-order valence-electron chi connectivity index (χ3n) is 4.15. The van der Waals surface area contributed by atoms with E-state index in [0.29, 0.717) is 11.6 Å². The first-order chi connectivity index (χ1) is 7.01. The third kappa shape index (κ3) is 2.83. The molecule has 1 aliphatic carbocycles. The maximum atomic E-state index is 11.0. The van der Waals surface area contributed by atoms with Gasteiger partial charge in [0.2, 0.25) is 0 Å². The standard InChI is InChI=1S/C9H17O2Si.3CH3.Sn/c1-8(10)11-7-9(5-6-9)12(2,3)4;;;;/h5H,6-7H2,1-4H3;3*1H3;/t9-;;;;/m1..../s1. The summed E-state index contributed by atoms with van der Waals surface area (Å²) < 4.78 is 6.27. The van der Waals surface area contributed by atoms with Crippen LogP contribution in [0.5, 0.6) is 0 Å². The summed E-state index contributed by atoms with van der Waals surface area (Å²) in [5.41, 5.74) is 0. The van der Waals surface area contributed by atoms with Gasteiger partial charge < -0.3 is 0 Å². The fourth-order valence-electron chi connectivity index (χ4n) is 2.88. The van der Waals surface area contributed by atoms with Crippen LogP contribution < -0.4 is 0 Å². The first kappa shape index (κ1) is 14.5. The van der Waals surface area contributed by atoms with Gasteiger partial charge in [-0.05, 0) is 0 Å². The van der Waals surface area contributed by atoms with Crippen molar-refractivity contribution in [3.05, 3.63) is 0 Å². The third-order valence-corrected chi connectivity index (χ3v) is 16.8. The van der Waals surface area contributed by atoms with Gasteiger partial charge in [0.25, 0.3) is 0 Å². The van der Waals surface area contributed by atoms with Crippen LogP contribution in [0.3, 0.4) is 0 Å². The Kier molecular flexibility index (Phi) is 3.91. The number of carbonyl (C=O) groups is 1. The van der Waals surface area contributed by atoms with E-state index in [0.717, 1.165) is 3.93 Å². The van der Waals surface area contributed by atoms with Crippen molar-refractivity contribution < 1.29 is 9.53 Å². The van der Waals surface area contributed by atoms with Crippen LogP contribution >= 0.6 is 0 Å². The normalized spacial score (nSPS) is 30.1. The number of carbonyl (C=O) groups excluding carboxylic acids is 1. The molecule has 0 amide bonds. The SMILES string of the molecule is CC(=O)OC[C@]1([Si](C)(C)C)C[C@@H]1[Sn]([CH3])([CH3])[CH3]. The van der Waals surface area contributed by atoms with E-state index in [1.807, 2.05) is 0 Å². The fraction of sp³-hybridized carbons (Fsp3) is 0.917. The van der Waals surface area contributed by atoms with E-state index in [-0.39, 0.29) is 5.97 Å². The average molecular weight is 349 g/mol. The van der Waals surface area contributed by atoms with E-state index in [2.05, 4.69) is 34.5 Å². The Morgan fingerprint density at radius 3 is 2.12 bits per heavy atom. The van der Waals surface area contributed by atoms with Gasteiger partial charge in [-0.15, -0.1) is 0 Å². The molecule has 0 bridgehead atoms. The second-order valence-corrected chi connectivity index (χ2v) is 28.3. The monoisotopic (exact) mass is 350 g/mol. The molecule has 1 saturated carbocycles.